The quantitative estimate of drug-likeness (QED) is 0.867. The minimum atomic E-state index is -0.0601. The topological polar surface area (TPSA) is 60.5 Å². The van der Waals surface area contributed by atoms with E-state index in [0.29, 0.717) is 6.54 Å². The summed E-state index contributed by atoms with van der Waals surface area (Å²) in [6, 6.07) is 10.0. The number of aromatic nitrogens is 1. The van der Waals surface area contributed by atoms with Crippen molar-refractivity contribution in [3.63, 3.8) is 0 Å². The summed E-state index contributed by atoms with van der Waals surface area (Å²) in [4.78, 5) is 15.1. The van der Waals surface area contributed by atoms with Crippen LogP contribution in [0.2, 0.25) is 0 Å². The monoisotopic (exact) mass is 391 g/mol. The normalized spacial score (nSPS) is 18.7. The van der Waals surface area contributed by atoms with E-state index >= 15 is 0 Å². The van der Waals surface area contributed by atoms with Crippen LogP contribution in [0, 0.1) is 19.3 Å². The lowest BCUT2D eigenvalue weighted by Gasteiger charge is -2.42. The van der Waals surface area contributed by atoms with Gasteiger partial charge in [-0.25, -0.2) is 0 Å². The van der Waals surface area contributed by atoms with Gasteiger partial charge in [0.05, 0.1) is 12.7 Å². The van der Waals surface area contributed by atoms with Crippen LogP contribution in [0.5, 0.6) is 5.75 Å². The Kier molecular flexibility index (Phi) is 6.28. The van der Waals surface area contributed by atoms with Crippen LogP contribution in [-0.2, 0) is 0 Å². The molecule has 1 aromatic heterocycles. The zero-order chi connectivity index (χ0) is 19.1. The van der Waals surface area contributed by atoms with Gasteiger partial charge in [-0.1, -0.05) is 13.8 Å². The first-order valence-electron chi connectivity index (χ1n) is 9.13. The molecule has 0 saturated carbocycles. The predicted molar refractivity (Wildman–Crippen MR) is 111 cm³/mol. The molecule has 5 nitrogen and oxygen atoms in total. The Morgan fingerprint density at radius 1 is 1.22 bits per heavy atom. The molecule has 1 aliphatic heterocycles. The van der Waals surface area contributed by atoms with E-state index < -0.39 is 0 Å². The summed E-state index contributed by atoms with van der Waals surface area (Å²) < 4.78 is 7.35. The molecule has 6 heteroatoms. The van der Waals surface area contributed by atoms with Crippen molar-refractivity contribution in [3.05, 3.63) is 47.3 Å². The van der Waals surface area contributed by atoms with E-state index in [4.69, 9.17) is 10.5 Å². The standard InChI is InChI=1S/C21H29N3O2.ClH/c1-14-12-18(20(25)23-11-10-19(22)21(3,4)13-23)15(2)24(14)16-6-8-17(26-5)9-7-16;/h6-9,12,19H,10-11,13,22H2,1-5H3;1H. The second kappa shape index (κ2) is 7.95. The Morgan fingerprint density at radius 3 is 2.41 bits per heavy atom. The maximum atomic E-state index is 13.2. The van der Waals surface area contributed by atoms with Crippen LogP contribution in [0.4, 0.5) is 0 Å². The van der Waals surface area contributed by atoms with E-state index in [1.54, 1.807) is 7.11 Å². The minimum absolute atomic E-state index is 0. The first-order chi connectivity index (χ1) is 12.2. The van der Waals surface area contributed by atoms with Crippen LogP contribution in [0.25, 0.3) is 5.69 Å². The molecule has 1 fully saturated rings. The molecule has 1 aromatic carbocycles. The maximum absolute atomic E-state index is 13.2. The number of piperidine rings is 1. The number of hydrogen-bond donors (Lipinski definition) is 1. The second-order valence-corrected chi connectivity index (χ2v) is 7.93. The van der Waals surface area contributed by atoms with Gasteiger partial charge in [0.1, 0.15) is 5.75 Å². The van der Waals surface area contributed by atoms with Crippen LogP contribution < -0.4 is 10.5 Å². The number of nitrogens with two attached hydrogens (primary N) is 1. The maximum Gasteiger partial charge on any atom is 0.255 e. The molecule has 1 aliphatic rings. The molecular weight excluding hydrogens is 362 g/mol. The van der Waals surface area contributed by atoms with Crippen LogP contribution >= 0.6 is 12.4 Å². The SMILES string of the molecule is COc1ccc(-n2c(C)cc(C(=O)N3CCC(N)C(C)(C)C3)c2C)cc1.Cl. The lowest BCUT2D eigenvalue weighted by atomic mass is 9.79. The predicted octanol–water partition coefficient (Wildman–Crippen LogP) is 3.72. The van der Waals surface area contributed by atoms with Gasteiger partial charge in [-0.3, -0.25) is 4.79 Å². The van der Waals surface area contributed by atoms with Gasteiger partial charge in [0.25, 0.3) is 5.91 Å². The highest BCUT2D eigenvalue weighted by Crippen LogP contribution is 2.30. The average molecular weight is 392 g/mol. The van der Waals surface area contributed by atoms with Crippen LogP contribution in [0.15, 0.2) is 30.3 Å². The number of methoxy groups -OCH3 is 1. The minimum Gasteiger partial charge on any atom is -0.497 e. The van der Waals surface area contributed by atoms with Crippen molar-refractivity contribution in [2.45, 2.75) is 40.2 Å². The molecule has 148 valence electrons. The van der Waals surface area contributed by atoms with Gasteiger partial charge in [-0.05, 0) is 56.0 Å². The van der Waals surface area contributed by atoms with Crippen molar-refractivity contribution in [1.29, 1.82) is 0 Å². The van der Waals surface area contributed by atoms with Gasteiger partial charge in [0.15, 0.2) is 0 Å². The van der Waals surface area contributed by atoms with E-state index in [9.17, 15) is 4.79 Å². The number of benzene rings is 1. The molecule has 1 amide bonds. The molecular formula is C21H30ClN3O2. The molecule has 0 aliphatic carbocycles. The summed E-state index contributed by atoms with van der Waals surface area (Å²) in [5.41, 5.74) is 9.96. The molecule has 1 atom stereocenters. The van der Waals surface area contributed by atoms with Crippen molar-refractivity contribution in [2.75, 3.05) is 20.2 Å². The zero-order valence-corrected chi connectivity index (χ0v) is 17.6. The van der Waals surface area contributed by atoms with E-state index in [0.717, 1.165) is 41.4 Å². The molecule has 0 spiro atoms. The molecule has 2 N–H and O–H groups in total. The van der Waals surface area contributed by atoms with Crippen molar-refractivity contribution < 1.29 is 9.53 Å². The summed E-state index contributed by atoms with van der Waals surface area (Å²) in [5.74, 6) is 0.914. The summed E-state index contributed by atoms with van der Waals surface area (Å²) in [5, 5.41) is 0. The number of hydrogen-bond acceptors (Lipinski definition) is 3. The Hall–Kier alpha value is -1.98. The summed E-state index contributed by atoms with van der Waals surface area (Å²) in [6.07, 6.45) is 0.843. The van der Waals surface area contributed by atoms with E-state index in [2.05, 4.69) is 18.4 Å². The van der Waals surface area contributed by atoms with Crippen molar-refractivity contribution in [2.24, 2.45) is 11.1 Å². The number of carbonyl (C=O) groups is 1. The third kappa shape index (κ3) is 3.99. The molecule has 3 rings (SSSR count). The summed E-state index contributed by atoms with van der Waals surface area (Å²) in [7, 11) is 1.66. The van der Waals surface area contributed by atoms with Gasteiger partial charge in [0.2, 0.25) is 0 Å². The fourth-order valence-corrected chi connectivity index (χ4v) is 3.83. The van der Waals surface area contributed by atoms with E-state index in [1.807, 2.05) is 49.1 Å². The number of ether oxygens (including phenoxy) is 1. The third-order valence-corrected chi connectivity index (χ3v) is 5.59. The Labute approximate surface area is 167 Å². The highest BCUT2D eigenvalue weighted by molar-refractivity contribution is 5.96. The number of aryl methyl sites for hydroxylation is 1. The van der Waals surface area contributed by atoms with Gasteiger partial charge in [-0.2, -0.15) is 0 Å². The first kappa shape index (κ1) is 21.3. The highest BCUT2D eigenvalue weighted by Gasteiger charge is 2.36. The first-order valence-corrected chi connectivity index (χ1v) is 9.13. The Morgan fingerprint density at radius 2 is 1.85 bits per heavy atom. The summed E-state index contributed by atoms with van der Waals surface area (Å²) >= 11 is 0. The number of nitrogens with zero attached hydrogens (tertiary/aromatic N) is 2. The number of rotatable bonds is 3. The van der Waals surface area contributed by atoms with Gasteiger partial charge < -0.3 is 19.9 Å². The molecule has 0 bridgehead atoms. The number of likely N-dealkylation sites (tertiary alicyclic amines) is 1. The van der Waals surface area contributed by atoms with Crippen molar-refractivity contribution >= 4 is 18.3 Å². The van der Waals surface area contributed by atoms with Gasteiger partial charge in [-0.15, -0.1) is 12.4 Å². The lowest BCUT2D eigenvalue weighted by molar-refractivity contribution is 0.0532. The fraction of sp³-hybridized carbons (Fsp3) is 0.476. The third-order valence-electron chi connectivity index (χ3n) is 5.59. The molecule has 2 aromatic rings. The number of amides is 1. The van der Waals surface area contributed by atoms with Gasteiger partial charge >= 0.3 is 0 Å². The average Bonchev–Trinajstić information content (AvgIpc) is 2.91. The summed E-state index contributed by atoms with van der Waals surface area (Å²) in [6.45, 7) is 9.72. The van der Waals surface area contributed by atoms with Crippen LogP contribution in [0.1, 0.15) is 42.0 Å². The van der Waals surface area contributed by atoms with Crippen molar-refractivity contribution in [3.8, 4) is 11.4 Å². The van der Waals surface area contributed by atoms with Gasteiger partial charge in [0, 0.05) is 36.2 Å². The van der Waals surface area contributed by atoms with Crippen LogP contribution in [-0.4, -0.2) is 41.6 Å². The highest BCUT2D eigenvalue weighted by atomic mass is 35.5. The Balaban J connectivity index is 0.00000261. The molecule has 1 unspecified atom stereocenters. The van der Waals surface area contributed by atoms with Crippen molar-refractivity contribution in [1.82, 2.24) is 9.47 Å². The number of halogens is 1. The van der Waals surface area contributed by atoms with E-state index in [-0.39, 0.29) is 29.8 Å². The fourth-order valence-electron chi connectivity index (χ4n) is 3.83. The smallest absolute Gasteiger partial charge is 0.255 e. The Bertz CT molecular complexity index is 812. The second-order valence-electron chi connectivity index (χ2n) is 7.93. The molecule has 0 radical (unpaired) electrons. The lowest BCUT2D eigenvalue weighted by Crippen LogP contribution is -2.54. The van der Waals surface area contributed by atoms with Crippen LogP contribution in [0.3, 0.4) is 0 Å². The molecule has 27 heavy (non-hydrogen) atoms. The molecule has 2 heterocycles. The number of carbonyl (C=O) groups excluding carboxylic acids is 1. The molecule has 1 saturated heterocycles. The zero-order valence-electron chi connectivity index (χ0n) is 16.8. The van der Waals surface area contributed by atoms with E-state index in [1.165, 1.54) is 0 Å². The largest absolute Gasteiger partial charge is 0.497 e.